The lowest BCUT2D eigenvalue weighted by molar-refractivity contribution is 0.222. The quantitative estimate of drug-likeness (QED) is 0.460. The summed E-state index contributed by atoms with van der Waals surface area (Å²) in [4.78, 5) is 0. The molecule has 0 aromatic heterocycles. The Morgan fingerprint density at radius 1 is 1.18 bits per heavy atom. The van der Waals surface area contributed by atoms with E-state index >= 15 is 0 Å². The SMILES string of the molecule is C=C/C=C\C(=C/C=C)CP(=O)(OCC)OCC. The summed E-state index contributed by atoms with van der Waals surface area (Å²) in [5.74, 6) is 0. The van der Waals surface area contributed by atoms with Gasteiger partial charge in [-0.25, -0.2) is 0 Å². The molecule has 0 bridgehead atoms. The van der Waals surface area contributed by atoms with Gasteiger partial charge in [-0.15, -0.1) is 0 Å². The maximum absolute atomic E-state index is 12.3. The molecule has 0 radical (unpaired) electrons. The first-order valence-electron chi connectivity index (χ1n) is 5.60. The lowest BCUT2D eigenvalue weighted by Crippen LogP contribution is -2.01. The Hall–Kier alpha value is -0.890. The number of hydrogen-bond donors (Lipinski definition) is 0. The van der Waals surface area contributed by atoms with Gasteiger partial charge < -0.3 is 9.05 Å². The van der Waals surface area contributed by atoms with Crippen LogP contribution in [-0.2, 0) is 13.6 Å². The molecule has 0 spiro atoms. The molecule has 3 nitrogen and oxygen atoms in total. The van der Waals surface area contributed by atoms with Crippen LogP contribution >= 0.6 is 7.60 Å². The zero-order valence-electron chi connectivity index (χ0n) is 10.6. The predicted octanol–water partition coefficient (Wildman–Crippen LogP) is 4.11. The molecule has 17 heavy (non-hydrogen) atoms. The minimum atomic E-state index is -3.05. The van der Waals surface area contributed by atoms with E-state index in [9.17, 15) is 4.57 Å². The zero-order chi connectivity index (χ0) is 13.1. The molecule has 0 heterocycles. The van der Waals surface area contributed by atoms with Crippen molar-refractivity contribution in [2.75, 3.05) is 19.4 Å². The van der Waals surface area contributed by atoms with E-state index in [0.717, 1.165) is 5.57 Å². The fourth-order valence-electron chi connectivity index (χ4n) is 1.25. The van der Waals surface area contributed by atoms with Crippen LogP contribution in [0.1, 0.15) is 13.8 Å². The summed E-state index contributed by atoms with van der Waals surface area (Å²) < 4.78 is 22.7. The third-order valence-electron chi connectivity index (χ3n) is 1.81. The van der Waals surface area contributed by atoms with E-state index < -0.39 is 7.60 Å². The Morgan fingerprint density at radius 2 is 1.76 bits per heavy atom. The fraction of sp³-hybridized carbons (Fsp3) is 0.385. The van der Waals surface area contributed by atoms with E-state index in [2.05, 4.69) is 13.2 Å². The summed E-state index contributed by atoms with van der Waals surface area (Å²) in [5.41, 5.74) is 0.838. The number of allylic oxidation sites excluding steroid dienone is 6. The number of hydrogen-bond acceptors (Lipinski definition) is 3. The summed E-state index contributed by atoms with van der Waals surface area (Å²) in [5, 5.41) is 0. The van der Waals surface area contributed by atoms with E-state index in [-0.39, 0.29) is 6.16 Å². The first-order valence-corrected chi connectivity index (χ1v) is 7.33. The Balaban J connectivity index is 4.85. The third kappa shape index (κ3) is 7.11. The average Bonchev–Trinajstić information content (AvgIpc) is 2.26. The van der Waals surface area contributed by atoms with E-state index in [1.54, 1.807) is 38.2 Å². The molecule has 0 N–H and O–H groups in total. The molecular formula is C13H21O3P. The normalized spacial score (nSPS) is 12.9. The Bertz CT molecular complexity index is 333. The van der Waals surface area contributed by atoms with Crippen LogP contribution in [0, 0.1) is 0 Å². The van der Waals surface area contributed by atoms with Crippen LogP contribution in [0.5, 0.6) is 0 Å². The lowest BCUT2D eigenvalue weighted by atomic mass is 10.2. The van der Waals surface area contributed by atoms with Crippen molar-refractivity contribution in [2.45, 2.75) is 13.8 Å². The van der Waals surface area contributed by atoms with Crippen molar-refractivity contribution in [3.63, 3.8) is 0 Å². The van der Waals surface area contributed by atoms with Gasteiger partial charge >= 0.3 is 7.60 Å². The molecule has 0 unspecified atom stereocenters. The van der Waals surface area contributed by atoms with Crippen molar-refractivity contribution in [1.82, 2.24) is 0 Å². The highest BCUT2D eigenvalue weighted by Crippen LogP contribution is 2.49. The van der Waals surface area contributed by atoms with Crippen molar-refractivity contribution in [2.24, 2.45) is 0 Å². The summed E-state index contributed by atoms with van der Waals surface area (Å²) in [7, 11) is -3.05. The van der Waals surface area contributed by atoms with Crippen LogP contribution in [0.3, 0.4) is 0 Å². The van der Waals surface area contributed by atoms with Gasteiger partial charge in [0, 0.05) is 0 Å². The van der Waals surface area contributed by atoms with Crippen LogP contribution in [-0.4, -0.2) is 19.4 Å². The molecule has 0 aromatic rings. The van der Waals surface area contributed by atoms with Crippen molar-refractivity contribution in [3.8, 4) is 0 Å². The zero-order valence-corrected chi connectivity index (χ0v) is 11.5. The van der Waals surface area contributed by atoms with E-state index in [1.165, 1.54) is 0 Å². The van der Waals surface area contributed by atoms with Crippen LogP contribution in [0.4, 0.5) is 0 Å². The summed E-state index contributed by atoms with van der Waals surface area (Å²) in [6.45, 7) is 11.5. The van der Waals surface area contributed by atoms with Crippen molar-refractivity contribution < 1.29 is 13.6 Å². The summed E-state index contributed by atoms with van der Waals surface area (Å²) in [6, 6.07) is 0. The van der Waals surface area contributed by atoms with Crippen LogP contribution < -0.4 is 0 Å². The second-order valence-electron chi connectivity index (χ2n) is 3.18. The Kier molecular flexibility index (Phi) is 8.69. The summed E-state index contributed by atoms with van der Waals surface area (Å²) >= 11 is 0. The molecule has 0 amide bonds. The molecule has 0 saturated heterocycles. The minimum absolute atomic E-state index is 0.241. The van der Waals surface area contributed by atoms with Gasteiger partial charge in [-0.3, -0.25) is 4.57 Å². The van der Waals surface area contributed by atoms with Gasteiger partial charge in [-0.1, -0.05) is 43.5 Å². The van der Waals surface area contributed by atoms with E-state index in [4.69, 9.17) is 9.05 Å². The van der Waals surface area contributed by atoms with Gasteiger partial charge in [0.05, 0.1) is 19.4 Å². The van der Waals surface area contributed by atoms with Gasteiger partial charge in [0.1, 0.15) is 0 Å². The van der Waals surface area contributed by atoms with Crippen molar-refractivity contribution >= 4 is 7.60 Å². The highest BCUT2D eigenvalue weighted by Gasteiger charge is 2.24. The van der Waals surface area contributed by atoms with Crippen LogP contribution in [0.2, 0.25) is 0 Å². The molecule has 4 heteroatoms. The topological polar surface area (TPSA) is 35.5 Å². The van der Waals surface area contributed by atoms with Gasteiger partial charge in [-0.2, -0.15) is 0 Å². The fourth-order valence-corrected chi connectivity index (χ4v) is 2.95. The first-order chi connectivity index (χ1) is 8.11. The molecule has 0 aromatic carbocycles. The minimum Gasteiger partial charge on any atom is -0.309 e. The van der Waals surface area contributed by atoms with Gasteiger partial charge in [-0.05, 0) is 19.4 Å². The van der Waals surface area contributed by atoms with Gasteiger partial charge in [0.15, 0.2) is 0 Å². The average molecular weight is 256 g/mol. The van der Waals surface area contributed by atoms with E-state index in [0.29, 0.717) is 13.2 Å². The molecular weight excluding hydrogens is 235 g/mol. The molecule has 0 aliphatic heterocycles. The summed E-state index contributed by atoms with van der Waals surface area (Å²) in [6.07, 6.45) is 8.92. The predicted molar refractivity (Wildman–Crippen MR) is 73.3 cm³/mol. The maximum Gasteiger partial charge on any atom is 0.335 e. The largest absolute Gasteiger partial charge is 0.335 e. The molecule has 0 aliphatic rings. The van der Waals surface area contributed by atoms with Crippen LogP contribution in [0.15, 0.2) is 49.1 Å². The highest BCUT2D eigenvalue weighted by atomic mass is 31.2. The smallest absolute Gasteiger partial charge is 0.309 e. The lowest BCUT2D eigenvalue weighted by Gasteiger charge is -2.17. The molecule has 0 fully saturated rings. The van der Waals surface area contributed by atoms with Crippen molar-refractivity contribution in [3.05, 3.63) is 49.1 Å². The molecule has 0 aliphatic carbocycles. The maximum atomic E-state index is 12.3. The second kappa shape index (κ2) is 9.17. The molecule has 0 atom stereocenters. The molecule has 96 valence electrons. The van der Waals surface area contributed by atoms with Gasteiger partial charge in [0.2, 0.25) is 0 Å². The highest BCUT2D eigenvalue weighted by molar-refractivity contribution is 7.54. The first kappa shape index (κ1) is 16.1. The standard InChI is InChI=1S/C13H21O3P/c1-5-9-11-13(10-6-2)12-17(14,15-7-3)16-8-4/h5-6,9-11H,1-2,7-8,12H2,3-4H3/b11-9-,13-10+. The third-order valence-corrected chi connectivity index (χ3v) is 3.86. The molecule has 0 rings (SSSR count). The number of rotatable bonds is 9. The van der Waals surface area contributed by atoms with Gasteiger partial charge in [0.25, 0.3) is 0 Å². The van der Waals surface area contributed by atoms with E-state index in [1.807, 2.05) is 6.08 Å². The van der Waals surface area contributed by atoms with Crippen molar-refractivity contribution in [1.29, 1.82) is 0 Å². The van der Waals surface area contributed by atoms with Crippen LogP contribution in [0.25, 0.3) is 0 Å². The Morgan fingerprint density at radius 3 is 2.18 bits per heavy atom. The molecule has 0 saturated carbocycles. The monoisotopic (exact) mass is 256 g/mol. The Labute approximate surface area is 104 Å². The second-order valence-corrected chi connectivity index (χ2v) is 5.23.